The maximum atomic E-state index is 13.2. The van der Waals surface area contributed by atoms with Gasteiger partial charge < -0.3 is 24.7 Å². The Balaban J connectivity index is 1.68. The maximum absolute atomic E-state index is 13.2. The van der Waals surface area contributed by atoms with Gasteiger partial charge in [0.15, 0.2) is 5.76 Å². The minimum absolute atomic E-state index is 0.199. The van der Waals surface area contributed by atoms with Crippen molar-refractivity contribution < 1.29 is 18.7 Å². The average molecular weight is 411 g/mol. The molecule has 8 heteroatoms. The predicted octanol–water partition coefficient (Wildman–Crippen LogP) is 3.84. The molecule has 0 bridgehead atoms. The first-order valence-electron chi connectivity index (χ1n) is 9.19. The molecule has 2 amide bonds. The molecule has 3 heterocycles. The summed E-state index contributed by atoms with van der Waals surface area (Å²) in [4.78, 5) is 29.0. The summed E-state index contributed by atoms with van der Waals surface area (Å²) in [6, 6.07) is 10.5. The molecule has 0 atom stereocenters. The Hall–Kier alpha value is -3.10. The van der Waals surface area contributed by atoms with Gasteiger partial charge >= 0.3 is 0 Å². The number of fused-ring (bicyclic) bond motifs is 1. The van der Waals surface area contributed by atoms with Gasteiger partial charge in [0.25, 0.3) is 11.8 Å². The number of amides is 2. The summed E-state index contributed by atoms with van der Waals surface area (Å²) in [5.74, 6) is 0.120. The summed E-state index contributed by atoms with van der Waals surface area (Å²) in [6.07, 6.45) is 2.19. The van der Waals surface area contributed by atoms with Crippen molar-refractivity contribution in [2.75, 3.05) is 31.3 Å². The molecule has 0 saturated heterocycles. The molecule has 4 rings (SSSR count). The monoisotopic (exact) mass is 411 g/mol. The lowest BCUT2D eigenvalue weighted by molar-refractivity contribution is 0.0997. The van der Waals surface area contributed by atoms with Crippen molar-refractivity contribution in [1.29, 1.82) is 0 Å². The third-order valence-electron chi connectivity index (χ3n) is 4.80. The number of ether oxygens (including phenoxy) is 1. The molecular weight excluding hydrogens is 390 g/mol. The molecule has 1 aliphatic heterocycles. The summed E-state index contributed by atoms with van der Waals surface area (Å²) in [5.41, 5.74) is 2.07. The molecule has 0 unspecified atom stereocenters. The number of nitrogens with one attached hydrogen (secondary N) is 2. The molecule has 0 saturated carbocycles. The van der Waals surface area contributed by atoms with Crippen molar-refractivity contribution in [1.82, 2.24) is 4.90 Å². The molecule has 7 nitrogen and oxygen atoms in total. The summed E-state index contributed by atoms with van der Waals surface area (Å²) in [5, 5.41) is 6.31. The van der Waals surface area contributed by atoms with E-state index in [0.717, 1.165) is 30.0 Å². The number of furan rings is 1. The van der Waals surface area contributed by atoms with Crippen LogP contribution in [0.4, 0.5) is 10.7 Å². The fourth-order valence-corrected chi connectivity index (χ4v) is 4.69. The quantitative estimate of drug-likeness (QED) is 0.666. The predicted molar refractivity (Wildman–Crippen MR) is 112 cm³/mol. The van der Waals surface area contributed by atoms with Gasteiger partial charge in [0, 0.05) is 18.0 Å². The fourth-order valence-electron chi connectivity index (χ4n) is 3.36. The van der Waals surface area contributed by atoms with E-state index in [1.807, 2.05) is 19.2 Å². The van der Waals surface area contributed by atoms with Crippen LogP contribution >= 0.6 is 11.3 Å². The number of anilines is 2. The second kappa shape index (κ2) is 8.10. The number of thiophene rings is 1. The molecule has 0 spiro atoms. The van der Waals surface area contributed by atoms with Gasteiger partial charge in [0.1, 0.15) is 10.8 Å². The molecule has 0 aliphatic carbocycles. The maximum Gasteiger partial charge on any atom is 0.291 e. The lowest BCUT2D eigenvalue weighted by Gasteiger charge is -2.22. The largest absolute Gasteiger partial charge is 0.495 e. The molecule has 2 aromatic heterocycles. The van der Waals surface area contributed by atoms with Crippen LogP contribution in [0.5, 0.6) is 5.75 Å². The van der Waals surface area contributed by atoms with Crippen LogP contribution in [-0.2, 0) is 13.0 Å². The number of nitrogens with zero attached hydrogens (tertiary/aromatic N) is 1. The van der Waals surface area contributed by atoms with Crippen LogP contribution in [0.3, 0.4) is 0 Å². The van der Waals surface area contributed by atoms with Gasteiger partial charge in [-0.15, -0.1) is 11.3 Å². The first kappa shape index (κ1) is 19.2. The van der Waals surface area contributed by atoms with Crippen LogP contribution < -0.4 is 15.4 Å². The summed E-state index contributed by atoms with van der Waals surface area (Å²) in [6.45, 7) is 1.59. The zero-order valence-corrected chi connectivity index (χ0v) is 17.0. The molecule has 0 radical (unpaired) electrons. The number of likely N-dealkylation sites (N-methyl/N-ethyl adjacent to an activating group) is 1. The molecule has 3 aromatic rings. The number of para-hydroxylation sites is 2. The van der Waals surface area contributed by atoms with Crippen LogP contribution in [0.2, 0.25) is 0 Å². The first-order chi connectivity index (χ1) is 14.1. The van der Waals surface area contributed by atoms with E-state index < -0.39 is 0 Å². The van der Waals surface area contributed by atoms with Crippen LogP contribution in [0.25, 0.3) is 0 Å². The van der Waals surface area contributed by atoms with Gasteiger partial charge in [0.05, 0.1) is 24.6 Å². The molecule has 2 N–H and O–H groups in total. The van der Waals surface area contributed by atoms with E-state index >= 15 is 0 Å². The Labute approximate surface area is 172 Å². The Bertz CT molecular complexity index is 1040. The second-order valence-corrected chi connectivity index (χ2v) is 7.89. The number of rotatable bonds is 5. The second-order valence-electron chi connectivity index (χ2n) is 6.78. The molecule has 150 valence electrons. The topological polar surface area (TPSA) is 83.8 Å². The Kier molecular flexibility index (Phi) is 5.37. The van der Waals surface area contributed by atoms with Gasteiger partial charge in [-0.3, -0.25) is 9.59 Å². The first-order valence-corrected chi connectivity index (χ1v) is 10.0. The van der Waals surface area contributed by atoms with E-state index in [0.29, 0.717) is 22.0 Å². The van der Waals surface area contributed by atoms with Gasteiger partial charge in [-0.05, 0) is 43.3 Å². The highest BCUT2D eigenvalue weighted by molar-refractivity contribution is 7.17. The Morgan fingerprint density at radius 2 is 1.97 bits per heavy atom. The Morgan fingerprint density at radius 3 is 2.72 bits per heavy atom. The average Bonchev–Trinajstić information content (AvgIpc) is 3.35. The standard InChI is InChI=1S/C21H21N3O4S/c1-24-10-9-13-17(12-24)29-21(23-19(25)16-8-5-11-28-16)18(13)20(26)22-14-6-3-4-7-15(14)27-2/h3-8,11H,9-10,12H2,1-2H3,(H,22,26)(H,23,25). The number of benzene rings is 1. The number of methoxy groups -OCH3 is 1. The highest BCUT2D eigenvalue weighted by atomic mass is 32.1. The lowest BCUT2D eigenvalue weighted by atomic mass is 10.0. The SMILES string of the molecule is COc1ccccc1NC(=O)c1c(NC(=O)c2ccco2)sc2c1CCN(C)C2. The summed E-state index contributed by atoms with van der Waals surface area (Å²) in [7, 11) is 3.60. The van der Waals surface area contributed by atoms with Crippen LogP contribution in [0.15, 0.2) is 47.1 Å². The zero-order chi connectivity index (χ0) is 20.4. The van der Waals surface area contributed by atoms with Crippen molar-refractivity contribution >= 4 is 33.8 Å². The van der Waals surface area contributed by atoms with E-state index in [1.165, 1.54) is 17.6 Å². The highest BCUT2D eigenvalue weighted by Gasteiger charge is 2.28. The number of carbonyl (C=O) groups excluding carboxylic acids is 2. The Morgan fingerprint density at radius 1 is 1.14 bits per heavy atom. The van der Waals surface area contributed by atoms with E-state index in [2.05, 4.69) is 15.5 Å². The van der Waals surface area contributed by atoms with Gasteiger partial charge in [-0.2, -0.15) is 0 Å². The molecule has 29 heavy (non-hydrogen) atoms. The normalized spacial score (nSPS) is 13.6. The van der Waals surface area contributed by atoms with Crippen molar-refractivity contribution in [2.24, 2.45) is 0 Å². The van der Waals surface area contributed by atoms with Crippen LogP contribution in [0.1, 0.15) is 31.4 Å². The summed E-state index contributed by atoms with van der Waals surface area (Å²) >= 11 is 1.43. The number of hydrogen-bond acceptors (Lipinski definition) is 6. The van der Waals surface area contributed by atoms with Crippen LogP contribution in [0, 0.1) is 0 Å². The third kappa shape index (κ3) is 3.90. The van der Waals surface area contributed by atoms with E-state index in [1.54, 1.807) is 31.4 Å². The van der Waals surface area contributed by atoms with Gasteiger partial charge in [0.2, 0.25) is 0 Å². The fraction of sp³-hybridized carbons (Fsp3) is 0.238. The summed E-state index contributed by atoms with van der Waals surface area (Å²) < 4.78 is 10.5. The minimum atomic E-state index is -0.381. The highest BCUT2D eigenvalue weighted by Crippen LogP contribution is 2.38. The van der Waals surface area contributed by atoms with Crippen molar-refractivity contribution in [3.8, 4) is 5.75 Å². The molecule has 1 aliphatic rings. The van der Waals surface area contributed by atoms with Gasteiger partial charge in [-0.1, -0.05) is 12.1 Å². The van der Waals surface area contributed by atoms with Gasteiger partial charge in [-0.25, -0.2) is 0 Å². The molecule has 1 aromatic carbocycles. The van der Waals surface area contributed by atoms with Crippen molar-refractivity contribution in [3.05, 3.63) is 64.4 Å². The van der Waals surface area contributed by atoms with E-state index in [9.17, 15) is 9.59 Å². The molecule has 0 fully saturated rings. The zero-order valence-electron chi connectivity index (χ0n) is 16.2. The molecular formula is C21H21N3O4S. The van der Waals surface area contributed by atoms with Crippen molar-refractivity contribution in [2.45, 2.75) is 13.0 Å². The van der Waals surface area contributed by atoms with Crippen molar-refractivity contribution in [3.63, 3.8) is 0 Å². The van der Waals surface area contributed by atoms with E-state index in [-0.39, 0.29) is 17.6 Å². The third-order valence-corrected chi connectivity index (χ3v) is 5.93. The lowest BCUT2D eigenvalue weighted by Crippen LogP contribution is -2.27. The van der Waals surface area contributed by atoms with Crippen LogP contribution in [-0.4, -0.2) is 37.4 Å². The number of hydrogen-bond donors (Lipinski definition) is 2. The number of carbonyl (C=O) groups is 2. The smallest absolute Gasteiger partial charge is 0.291 e. The minimum Gasteiger partial charge on any atom is -0.495 e. The van der Waals surface area contributed by atoms with E-state index in [4.69, 9.17) is 9.15 Å².